The molecule has 0 aliphatic carbocycles. The Morgan fingerprint density at radius 2 is 1.77 bits per heavy atom. The molecule has 1 aliphatic heterocycles. The molecule has 0 radical (unpaired) electrons. The molecule has 0 N–H and O–H groups in total. The van der Waals surface area contributed by atoms with Crippen LogP contribution in [0.2, 0.25) is 0 Å². The summed E-state index contributed by atoms with van der Waals surface area (Å²) in [5.41, 5.74) is 5.04. The van der Waals surface area contributed by atoms with Crippen molar-refractivity contribution in [3.63, 3.8) is 0 Å². The fourth-order valence-corrected chi connectivity index (χ4v) is 3.94. The Morgan fingerprint density at radius 1 is 0.935 bits per heavy atom. The number of ether oxygens (including phenoxy) is 1. The minimum atomic E-state index is -0.0869. The Kier molecular flexibility index (Phi) is 5.46. The Hall–Kier alpha value is -3.51. The molecule has 1 saturated heterocycles. The third-order valence-electron chi connectivity index (χ3n) is 5.69. The summed E-state index contributed by atoms with van der Waals surface area (Å²) in [5.74, 6) is 0. The van der Waals surface area contributed by atoms with Gasteiger partial charge in [-0.05, 0) is 48.4 Å². The predicted molar refractivity (Wildman–Crippen MR) is 122 cm³/mol. The summed E-state index contributed by atoms with van der Waals surface area (Å²) in [7, 11) is 0. The minimum absolute atomic E-state index is 0.0869. The van der Waals surface area contributed by atoms with Crippen molar-refractivity contribution in [1.82, 2.24) is 14.8 Å². The van der Waals surface area contributed by atoms with Crippen LogP contribution < -0.4 is 10.5 Å². The summed E-state index contributed by atoms with van der Waals surface area (Å²) in [6.45, 7) is 3.88. The largest absolute Gasteiger partial charge is 0.378 e. The van der Waals surface area contributed by atoms with Gasteiger partial charge in [-0.1, -0.05) is 24.3 Å². The average molecular weight is 412 g/mol. The van der Waals surface area contributed by atoms with Crippen molar-refractivity contribution in [1.29, 1.82) is 0 Å². The Bertz CT molecular complexity index is 1240. The van der Waals surface area contributed by atoms with Gasteiger partial charge >= 0.3 is 0 Å². The second-order valence-electron chi connectivity index (χ2n) is 7.71. The van der Waals surface area contributed by atoms with E-state index in [0.29, 0.717) is 6.54 Å². The minimum Gasteiger partial charge on any atom is -0.378 e. The maximum absolute atomic E-state index is 12.4. The molecule has 31 heavy (non-hydrogen) atoms. The summed E-state index contributed by atoms with van der Waals surface area (Å²) < 4.78 is 6.98. The lowest BCUT2D eigenvalue weighted by Crippen LogP contribution is -2.36. The molecule has 6 nitrogen and oxygen atoms in total. The van der Waals surface area contributed by atoms with Crippen LogP contribution in [-0.4, -0.2) is 41.1 Å². The molecule has 0 saturated carbocycles. The van der Waals surface area contributed by atoms with E-state index in [1.807, 2.05) is 12.1 Å². The van der Waals surface area contributed by atoms with Crippen LogP contribution in [0.5, 0.6) is 0 Å². The topological polar surface area (TPSA) is 60.3 Å². The van der Waals surface area contributed by atoms with E-state index in [9.17, 15) is 4.79 Å². The van der Waals surface area contributed by atoms with Crippen LogP contribution in [-0.2, 0) is 17.7 Å². The third kappa shape index (κ3) is 4.34. The molecule has 0 unspecified atom stereocenters. The van der Waals surface area contributed by atoms with Crippen molar-refractivity contribution < 1.29 is 4.74 Å². The van der Waals surface area contributed by atoms with Crippen LogP contribution in [0.3, 0.4) is 0 Å². The molecule has 0 amide bonds. The molecule has 6 heteroatoms. The van der Waals surface area contributed by atoms with Crippen molar-refractivity contribution in [3.05, 3.63) is 88.8 Å². The van der Waals surface area contributed by atoms with Crippen molar-refractivity contribution in [2.75, 3.05) is 31.2 Å². The van der Waals surface area contributed by atoms with Crippen LogP contribution in [0, 0.1) is 0 Å². The highest BCUT2D eigenvalue weighted by molar-refractivity contribution is 5.78. The molecule has 0 spiro atoms. The zero-order chi connectivity index (χ0) is 21.0. The second-order valence-corrected chi connectivity index (χ2v) is 7.71. The van der Waals surface area contributed by atoms with E-state index in [2.05, 4.69) is 57.4 Å². The summed E-state index contributed by atoms with van der Waals surface area (Å²) in [6, 6.07) is 22.0. The molecule has 0 atom stereocenters. The van der Waals surface area contributed by atoms with Gasteiger partial charge in [0, 0.05) is 48.5 Å². The van der Waals surface area contributed by atoms with E-state index in [1.54, 1.807) is 23.0 Å². The van der Waals surface area contributed by atoms with Crippen LogP contribution >= 0.6 is 0 Å². The standard InChI is InChI=1S/C25H24N4O2/c30-25-10-9-24(20-4-6-22(7-5-20)28-14-16-31-17-15-28)27-29(25)13-11-19-3-8-23-21(18-19)2-1-12-26-23/h1-10,12,18H,11,13-17H2. The Balaban J connectivity index is 1.33. The molecule has 1 aliphatic rings. The number of fused-ring (bicyclic) bond motifs is 1. The molecule has 2 aromatic carbocycles. The van der Waals surface area contributed by atoms with Gasteiger partial charge in [0.15, 0.2) is 0 Å². The van der Waals surface area contributed by atoms with E-state index >= 15 is 0 Å². The molecule has 4 aromatic rings. The smallest absolute Gasteiger partial charge is 0.266 e. The van der Waals surface area contributed by atoms with Crippen molar-refractivity contribution in [2.45, 2.75) is 13.0 Å². The number of hydrogen-bond acceptors (Lipinski definition) is 5. The first kappa shape index (κ1) is 19.5. The molecule has 5 rings (SSSR count). The van der Waals surface area contributed by atoms with Gasteiger partial charge in [0.25, 0.3) is 5.56 Å². The molecule has 1 fully saturated rings. The number of nitrogens with zero attached hydrogens (tertiary/aromatic N) is 4. The van der Waals surface area contributed by atoms with Gasteiger partial charge in [0.1, 0.15) is 0 Å². The number of aromatic nitrogens is 3. The van der Waals surface area contributed by atoms with Crippen LogP contribution in [0.4, 0.5) is 5.69 Å². The number of aryl methyl sites for hydroxylation is 2. The van der Waals surface area contributed by atoms with Gasteiger partial charge in [-0.15, -0.1) is 0 Å². The van der Waals surface area contributed by atoms with Crippen molar-refractivity contribution in [3.8, 4) is 11.3 Å². The molecule has 3 heterocycles. The van der Waals surface area contributed by atoms with Gasteiger partial charge in [-0.25, -0.2) is 4.68 Å². The molecule has 0 bridgehead atoms. The predicted octanol–water partition coefficient (Wildman–Crippen LogP) is 3.54. The first-order valence-electron chi connectivity index (χ1n) is 10.6. The van der Waals surface area contributed by atoms with Crippen molar-refractivity contribution in [2.24, 2.45) is 0 Å². The summed E-state index contributed by atoms with van der Waals surface area (Å²) in [4.78, 5) is 19.0. The highest BCUT2D eigenvalue weighted by Crippen LogP contribution is 2.22. The van der Waals surface area contributed by atoms with Gasteiger partial charge in [-0.3, -0.25) is 9.78 Å². The molecular formula is C25H24N4O2. The van der Waals surface area contributed by atoms with Gasteiger partial charge in [0.05, 0.1) is 24.4 Å². The summed E-state index contributed by atoms with van der Waals surface area (Å²) in [6.07, 6.45) is 2.53. The number of pyridine rings is 1. The number of hydrogen-bond donors (Lipinski definition) is 0. The van der Waals surface area contributed by atoms with E-state index in [0.717, 1.165) is 60.4 Å². The lowest BCUT2D eigenvalue weighted by atomic mass is 10.1. The van der Waals surface area contributed by atoms with E-state index in [4.69, 9.17) is 4.74 Å². The SMILES string of the molecule is O=c1ccc(-c2ccc(N3CCOCC3)cc2)nn1CCc1ccc2ncccc2c1. The maximum Gasteiger partial charge on any atom is 0.266 e. The second kappa shape index (κ2) is 8.70. The quantitative estimate of drug-likeness (QED) is 0.502. The fourth-order valence-electron chi connectivity index (χ4n) is 3.94. The molecule has 156 valence electrons. The zero-order valence-corrected chi connectivity index (χ0v) is 17.3. The number of rotatable bonds is 5. The van der Waals surface area contributed by atoms with Crippen LogP contribution in [0.15, 0.2) is 77.7 Å². The summed E-state index contributed by atoms with van der Waals surface area (Å²) in [5, 5.41) is 5.73. The monoisotopic (exact) mass is 412 g/mol. The van der Waals surface area contributed by atoms with Crippen LogP contribution in [0.25, 0.3) is 22.2 Å². The molecule has 2 aromatic heterocycles. The lowest BCUT2D eigenvalue weighted by molar-refractivity contribution is 0.122. The lowest BCUT2D eigenvalue weighted by Gasteiger charge is -2.28. The number of morpholine rings is 1. The van der Waals surface area contributed by atoms with Gasteiger partial charge < -0.3 is 9.64 Å². The molecular weight excluding hydrogens is 388 g/mol. The van der Waals surface area contributed by atoms with E-state index < -0.39 is 0 Å². The van der Waals surface area contributed by atoms with E-state index in [1.165, 1.54) is 5.69 Å². The third-order valence-corrected chi connectivity index (χ3v) is 5.69. The first-order chi connectivity index (χ1) is 15.3. The number of anilines is 1. The Morgan fingerprint density at radius 3 is 2.61 bits per heavy atom. The average Bonchev–Trinajstić information content (AvgIpc) is 2.84. The van der Waals surface area contributed by atoms with Gasteiger partial charge in [0.2, 0.25) is 0 Å². The first-order valence-corrected chi connectivity index (χ1v) is 10.6. The Labute approximate surface area is 180 Å². The zero-order valence-electron chi connectivity index (χ0n) is 17.3. The fraction of sp³-hybridized carbons (Fsp3) is 0.240. The van der Waals surface area contributed by atoms with Gasteiger partial charge in [-0.2, -0.15) is 5.10 Å². The van der Waals surface area contributed by atoms with E-state index in [-0.39, 0.29) is 5.56 Å². The highest BCUT2D eigenvalue weighted by Gasteiger charge is 2.11. The normalized spacial score (nSPS) is 14.1. The maximum atomic E-state index is 12.4. The number of benzene rings is 2. The highest BCUT2D eigenvalue weighted by atomic mass is 16.5. The summed E-state index contributed by atoms with van der Waals surface area (Å²) >= 11 is 0. The van der Waals surface area contributed by atoms with Crippen molar-refractivity contribution >= 4 is 16.6 Å². The van der Waals surface area contributed by atoms with Crippen LogP contribution in [0.1, 0.15) is 5.56 Å².